The van der Waals surface area contributed by atoms with E-state index in [1.54, 1.807) is 11.3 Å². The summed E-state index contributed by atoms with van der Waals surface area (Å²) in [6.45, 7) is 5.26. The van der Waals surface area contributed by atoms with Crippen molar-refractivity contribution in [1.29, 1.82) is 0 Å². The lowest BCUT2D eigenvalue weighted by molar-refractivity contribution is 0.0920. The number of carbonyl (C=O) groups excluding carboxylic acids is 1. The Balaban J connectivity index is 1.15. The largest absolute Gasteiger partial charge is 0.368 e. The minimum Gasteiger partial charge on any atom is -0.368 e. The fourth-order valence-corrected chi connectivity index (χ4v) is 5.62. The number of benzene rings is 1. The van der Waals surface area contributed by atoms with Crippen LogP contribution >= 0.6 is 34.5 Å². The molecule has 4 nitrogen and oxygen atoms in total. The predicted molar refractivity (Wildman–Crippen MR) is 127 cm³/mol. The van der Waals surface area contributed by atoms with Gasteiger partial charge in [0.25, 0.3) is 5.91 Å². The maximum absolute atomic E-state index is 12.2. The van der Waals surface area contributed by atoms with Crippen molar-refractivity contribution in [3.63, 3.8) is 0 Å². The maximum atomic E-state index is 12.2. The van der Waals surface area contributed by atoms with E-state index in [1.807, 2.05) is 29.0 Å². The molecule has 0 bridgehead atoms. The topological polar surface area (TPSA) is 35.6 Å². The van der Waals surface area contributed by atoms with E-state index in [1.165, 1.54) is 19.3 Å². The molecule has 0 radical (unpaired) electrons. The number of hydrogen-bond acceptors (Lipinski definition) is 4. The first-order valence-electron chi connectivity index (χ1n) is 10.8. The number of amides is 1. The SMILES string of the molecule is O=C(NC1CCC(CCN2CCN(c3cccc(Cl)c3Cl)CC2)CC1)c1ccsc1. The van der Waals surface area contributed by atoms with Crippen molar-refractivity contribution >= 4 is 46.1 Å². The Morgan fingerprint density at radius 3 is 2.53 bits per heavy atom. The predicted octanol–water partition coefficient (Wildman–Crippen LogP) is 5.56. The number of nitrogens with zero attached hydrogens (tertiary/aromatic N) is 2. The molecule has 0 spiro atoms. The molecule has 2 fully saturated rings. The third-order valence-electron chi connectivity index (χ3n) is 6.46. The van der Waals surface area contributed by atoms with Crippen LogP contribution in [0.1, 0.15) is 42.5 Å². The summed E-state index contributed by atoms with van der Waals surface area (Å²) in [5, 5.41) is 8.37. The molecule has 0 atom stereocenters. The van der Waals surface area contributed by atoms with Gasteiger partial charge >= 0.3 is 0 Å². The van der Waals surface area contributed by atoms with Gasteiger partial charge in [-0.05, 0) is 68.1 Å². The summed E-state index contributed by atoms with van der Waals surface area (Å²) >= 11 is 14.1. The summed E-state index contributed by atoms with van der Waals surface area (Å²) in [7, 11) is 0. The molecule has 1 aliphatic carbocycles. The highest BCUT2D eigenvalue weighted by atomic mass is 35.5. The second kappa shape index (κ2) is 10.4. The molecule has 1 aromatic carbocycles. The van der Waals surface area contributed by atoms with E-state index in [0.29, 0.717) is 16.1 Å². The van der Waals surface area contributed by atoms with E-state index in [9.17, 15) is 4.79 Å². The molecule has 1 saturated heterocycles. The van der Waals surface area contributed by atoms with Crippen LogP contribution in [0.3, 0.4) is 0 Å². The van der Waals surface area contributed by atoms with E-state index >= 15 is 0 Å². The summed E-state index contributed by atoms with van der Waals surface area (Å²) in [5.74, 6) is 0.858. The van der Waals surface area contributed by atoms with E-state index in [0.717, 1.165) is 62.7 Å². The minimum atomic E-state index is 0.0809. The molecule has 1 amide bonds. The Labute approximate surface area is 193 Å². The summed E-state index contributed by atoms with van der Waals surface area (Å²) in [6, 6.07) is 8.09. The van der Waals surface area contributed by atoms with Crippen molar-refractivity contribution in [2.24, 2.45) is 5.92 Å². The number of thiophene rings is 1. The van der Waals surface area contributed by atoms with Crippen LogP contribution in [0.4, 0.5) is 5.69 Å². The summed E-state index contributed by atoms with van der Waals surface area (Å²) in [6.07, 6.45) is 5.88. The number of nitrogens with one attached hydrogen (secondary N) is 1. The first-order valence-corrected chi connectivity index (χ1v) is 12.5. The van der Waals surface area contributed by atoms with Crippen molar-refractivity contribution in [3.8, 4) is 0 Å². The first kappa shape index (κ1) is 21.9. The van der Waals surface area contributed by atoms with Crippen LogP contribution in [0.25, 0.3) is 0 Å². The van der Waals surface area contributed by atoms with Gasteiger partial charge in [0.05, 0.1) is 15.7 Å². The molecular formula is C23H29Cl2N3OS. The molecule has 2 aliphatic rings. The van der Waals surface area contributed by atoms with E-state index in [-0.39, 0.29) is 5.91 Å². The molecule has 7 heteroatoms. The van der Waals surface area contributed by atoms with Crippen molar-refractivity contribution in [2.75, 3.05) is 37.6 Å². The van der Waals surface area contributed by atoms with Gasteiger partial charge in [-0.3, -0.25) is 9.69 Å². The standard InChI is InChI=1S/C23H29Cl2N3OS/c24-20-2-1-3-21(22(20)25)28-13-11-27(12-14-28)10-8-17-4-6-19(7-5-17)26-23(29)18-9-15-30-16-18/h1-3,9,15-17,19H,4-8,10-14H2,(H,26,29). The first-order chi connectivity index (χ1) is 14.6. The van der Waals surface area contributed by atoms with Gasteiger partial charge in [-0.2, -0.15) is 11.3 Å². The van der Waals surface area contributed by atoms with Crippen molar-refractivity contribution < 1.29 is 4.79 Å². The number of hydrogen-bond donors (Lipinski definition) is 1. The minimum absolute atomic E-state index is 0.0809. The van der Waals surface area contributed by atoms with Gasteiger partial charge in [-0.15, -0.1) is 0 Å². The maximum Gasteiger partial charge on any atom is 0.252 e. The summed E-state index contributed by atoms with van der Waals surface area (Å²) in [4.78, 5) is 17.1. The molecule has 1 N–H and O–H groups in total. The average molecular weight is 466 g/mol. The zero-order chi connectivity index (χ0) is 20.9. The molecular weight excluding hydrogens is 437 g/mol. The highest BCUT2D eigenvalue weighted by Gasteiger charge is 2.25. The second-order valence-corrected chi connectivity index (χ2v) is 9.96. The quantitative estimate of drug-likeness (QED) is 0.606. The molecule has 162 valence electrons. The molecule has 4 rings (SSSR count). The molecule has 2 aromatic rings. The lowest BCUT2D eigenvalue weighted by atomic mass is 9.84. The van der Waals surface area contributed by atoms with Crippen molar-refractivity contribution in [1.82, 2.24) is 10.2 Å². The lowest BCUT2D eigenvalue weighted by Crippen LogP contribution is -2.47. The van der Waals surface area contributed by atoms with E-state index in [4.69, 9.17) is 23.2 Å². The van der Waals surface area contributed by atoms with Crippen LogP contribution in [-0.2, 0) is 0 Å². The molecule has 1 saturated carbocycles. The Kier molecular flexibility index (Phi) is 7.58. The summed E-state index contributed by atoms with van der Waals surface area (Å²) < 4.78 is 0. The number of anilines is 1. The van der Waals surface area contributed by atoms with E-state index in [2.05, 4.69) is 21.2 Å². The van der Waals surface area contributed by atoms with Crippen LogP contribution in [0, 0.1) is 5.92 Å². The Hall–Kier alpha value is -1.27. The van der Waals surface area contributed by atoms with Gasteiger partial charge in [0.1, 0.15) is 0 Å². The third-order valence-corrected chi connectivity index (χ3v) is 7.96. The van der Waals surface area contributed by atoms with Crippen molar-refractivity contribution in [3.05, 3.63) is 50.6 Å². The van der Waals surface area contributed by atoms with Crippen LogP contribution in [0.2, 0.25) is 10.0 Å². The Morgan fingerprint density at radius 1 is 1.07 bits per heavy atom. The number of rotatable bonds is 6. The average Bonchev–Trinajstić information content (AvgIpc) is 3.31. The number of piperazine rings is 1. The van der Waals surface area contributed by atoms with Crippen LogP contribution in [-0.4, -0.2) is 49.6 Å². The Bertz CT molecular complexity index is 829. The zero-order valence-corrected chi connectivity index (χ0v) is 19.5. The van der Waals surface area contributed by atoms with Gasteiger partial charge in [-0.25, -0.2) is 0 Å². The highest BCUT2D eigenvalue weighted by Crippen LogP contribution is 2.33. The lowest BCUT2D eigenvalue weighted by Gasteiger charge is -2.37. The van der Waals surface area contributed by atoms with Gasteiger partial charge in [0, 0.05) is 43.2 Å². The fraction of sp³-hybridized carbons (Fsp3) is 0.522. The molecule has 0 unspecified atom stereocenters. The normalized spacial score (nSPS) is 22.8. The second-order valence-electron chi connectivity index (χ2n) is 8.39. The van der Waals surface area contributed by atoms with Crippen LogP contribution in [0.15, 0.2) is 35.0 Å². The molecule has 1 aromatic heterocycles. The van der Waals surface area contributed by atoms with Gasteiger partial charge < -0.3 is 10.2 Å². The fourth-order valence-electron chi connectivity index (χ4n) is 4.57. The van der Waals surface area contributed by atoms with Gasteiger partial charge in [0.2, 0.25) is 0 Å². The molecule has 1 aliphatic heterocycles. The van der Waals surface area contributed by atoms with Gasteiger partial charge in [0.15, 0.2) is 0 Å². The van der Waals surface area contributed by atoms with Crippen LogP contribution < -0.4 is 10.2 Å². The number of halogens is 2. The smallest absolute Gasteiger partial charge is 0.252 e. The molecule has 30 heavy (non-hydrogen) atoms. The number of carbonyl (C=O) groups is 1. The van der Waals surface area contributed by atoms with E-state index < -0.39 is 0 Å². The third kappa shape index (κ3) is 5.50. The monoisotopic (exact) mass is 465 g/mol. The zero-order valence-electron chi connectivity index (χ0n) is 17.2. The van der Waals surface area contributed by atoms with Crippen LogP contribution in [0.5, 0.6) is 0 Å². The molecule has 2 heterocycles. The summed E-state index contributed by atoms with van der Waals surface area (Å²) in [5.41, 5.74) is 1.84. The van der Waals surface area contributed by atoms with Crippen molar-refractivity contribution in [2.45, 2.75) is 38.1 Å². The highest BCUT2D eigenvalue weighted by molar-refractivity contribution is 7.08. The Morgan fingerprint density at radius 2 is 1.83 bits per heavy atom. The van der Waals surface area contributed by atoms with Gasteiger partial charge in [-0.1, -0.05) is 29.3 Å².